The highest BCUT2D eigenvalue weighted by Crippen LogP contribution is 2.18. The minimum atomic E-state index is 0.530. The second kappa shape index (κ2) is 6.75. The minimum Gasteiger partial charge on any atom is -0.493 e. The predicted octanol–water partition coefficient (Wildman–Crippen LogP) is 3.15. The molecule has 5 heteroatoms. The van der Waals surface area contributed by atoms with Crippen LogP contribution >= 0.6 is 0 Å². The Hall–Kier alpha value is -2.14. The first-order valence-corrected chi connectivity index (χ1v) is 7.59. The summed E-state index contributed by atoms with van der Waals surface area (Å²) in [6, 6.07) is 8.10. The van der Waals surface area contributed by atoms with E-state index in [0.29, 0.717) is 31.6 Å². The van der Waals surface area contributed by atoms with Gasteiger partial charge in [-0.25, -0.2) is 9.97 Å². The smallest absolute Gasteiger partial charge is 0.223 e. The van der Waals surface area contributed by atoms with Crippen LogP contribution in [0.1, 0.15) is 30.7 Å². The molecule has 0 amide bonds. The number of hydrogen-bond donors (Lipinski definition) is 1. The van der Waals surface area contributed by atoms with Crippen molar-refractivity contribution in [2.24, 2.45) is 5.92 Å². The molecule has 2 heterocycles. The minimum absolute atomic E-state index is 0.530. The maximum Gasteiger partial charge on any atom is 0.223 e. The van der Waals surface area contributed by atoms with Crippen molar-refractivity contribution < 1.29 is 9.47 Å². The number of nitrogens with one attached hydrogen (secondary N) is 1. The van der Waals surface area contributed by atoms with Gasteiger partial charge in [0.05, 0.1) is 25.5 Å². The third-order valence-corrected chi connectivity index (χ3v) is 3.41. The molecule has 1 aromatic carbocycles. The zero-order valence-corrected chi connectivity index (χ0v) is 13.0. The van der Waals surface area contributed by atoms with E-state index in [0.717, 1.165) is 29.2 Å². The second-order valence-electron chi connectivity index (χ2n) is 5.86. The maximum atomic E-state index is 5.68. The van der Waals surface area contributed by atoms with E-state index in [9.17, 15) is 0 Å². The first-order chi connectivity index (χ1) is 10.7. The Morgan fingerprint density at radius 2 is 2.05 bits per heavy atom. The highest BCUT2D eigenvalue weighted by atomic mass is 16.5. The van der Waals surface area contributed by atoms with Gasteiger partial charge >= 0.3 is 0 Å². The average Bonchev–Trinajstić information content (AvgIpc) is 2.99. The summed E-state index contributed by atoms with van der Waals surface area (Å²) in [5.74, 6) is 2.08. The molecule has 0 fully saturated rings. The lowest BCUT2D eigenvalue weighted by Gasteiger charge is -2.10. The van der Waals surface area contributed by atoms with Gasteiger partial charge in [-0.15, -0.1) is 0 Å². The first kappa shape index (κ1) is 14.8. The number of aromatic nitrogens is 2. The summed E-state index contributed by atoms with van der Waals surface area (Å²) < 4.78 is 11.0. The molecule has 0 atom stereocenters. The van der Waals surface area contributed by atoms with Crippen molar-refractivity contribution in [3.63, 3.8) is 0 Å². The van der Waals surface area contributed by atoms with Crippen LogP contribution in [0.2, 0.25) is 0 Å². The third kappa shape index (κ3) is 3.74. The van der Waals surface area contributed by atoms with Gasteiger partial charge in [0.2, 0.25) is 5.95 Å². The summed E-state index contributed by atoms with van der Waals surface area (Å²) in [5, 5.41) is 3.24. The normalized spacial score (nSPS) is 13.2. The molecule has 5 nitrogen and oxygen atoms in total. The average molecular weight is 299 g/mol. The van der Waals surface area contributed by atoms with E-state index in [1.807, 2.05) is 18.3 Å². The van der Waals surface area contributed by atoms with Gasteiger partial charge in [-0.05, 0) is 23.6 Å². The molecule has 116 valence electrons. The molecule has 1 aromatic heterocycles. The number of benzene rings is 1. The Morgan fingerprint density at radius 3 is 2.82 bits per heavy atom. The van der Waals surface area contributed by atoms with Crippen molar-refractivity contribution in [3.8, 4) is 5.75 Å². The van der Waals surface area contributed by atoms with E-state index in [-0.39, 0.29) is 0 Å². The molecule has 3 rings (SSSR count). The zero-order valence-electron chi connectivity index (χ0n) is 13.0. The molecule has 1 N–H and O–H groups in total. The Balaban J connectivity index is 1.55. The number of anilines is 1. The van der Waals surface area contributed by atoms with Gasteiger partial charge in [-0.1, -0.05) is 26.0 Å². The van der Waals surface area contributed by atoms with Crippen LogP contribution in [0.15, 0.2) is 30.5 Å². The van der Waals surface area contributed by atoms with Gasteiger partial charge in [0.25, 0.3) is 0 Å². The number of ether oxygens (including phenoxy) is 2. The summed E-state index contributed by atoms with van der Waals surface area (Å²) in [6.45, 7) is 6.90. The molecule has 0 radical (unpaired) electrons. The van der Waals surface area contributed by atoms with Crippen LogP contribution in [-0.2, 0) is 24.5 Å². The van der Waals surface area contributed by atoms with Crippen molar-refractivity contribution in [1.82, 2.24) is 9.97 Å². The highest BCUT2D eigenvalue weighted by molar-refractivity contribution is 5.33. The van der Waals surface area contributed by atoms with Crippen LogP contribution in [0.5, 0.6) is 5.75 Å². The van der Waals surface area contributed by atoms with E-state index in [1.165, 1.54) is 0 Å². The Kier molecular flexibility index (Phi) is 4.53. The topological polar surface area (TPSA) is 56.3 Å². The van der Waals surface area contributed by atoms with Gasteiger partial charge < -0.3 is 14.8 Å². The largest absolute Gasteiger partial charge is 0.493 e. The molecule has 22 heavy (non-hydrogen) atoms. The van der Waals surface area contributed by atoms with E-state index in [4.69, 9.17) is 9.47 Å². The van der Waals surface area contributed by atoms with Crippen molar-refractivity contribution in [2.45, 2.75) is 33.6 Å². The van der Waals surface area contributed by atoms with Gasteiger partial charge in [-0.3, -0.25) is 0 Å². The SMILES string of the molecule is CC(C)COc1ccc(CNc2ncc3c(n2)COC3)cc1. The number of nitrogens with zero attached hydrogens (tertiary/aromatic N) is 2. The number of fused-ring (bicyclic) bond motifs is 1. The fraction of sp³-hybridized carbons (Fsp3) is 0.412. The number of hydrogen-bond acceptors (Lipinski definition) is 5. The van der Waals surface area contributed by atoms with Crippen LogP contribution in [-0.4, -0.2) is 16.6 Å². The molecule has 2 aromatic rings. The van der Waals surface area contributed by atoms with E-state index >= 15 is 0 Å². The van der Waals surface area contributed by atoms with Crippen molar-refractivity contribution in [2.75, 3.05) is 11.9 Å². The second-order valence-corrected chi connectivity index (χ2v) is 5.86. The number of rotatable bonds is 6. The van der Waals surface area contributed by atoms with Crippen LogP contribution < -0.4 is 10.1 Å². The van der Waals surface area contributed by atoms with Crippen molar-refractivity contribution in [3.05, 3.63) is 47.3 Å². The first-order valence-electron chi connectivity index (χ1n) is 7.59. The van der Waals surface area contributed by atoms with Gasteiger partial charge in [0.15, 0.2) is 0 Å². The van der Waals surface area contributed by atoms with Crippen LogP contribution in [0.25, 0.3) is 0 Å². The molecule has 0 unspecified atom stereocenters. The molecule has 0 saturated carbocycles. The van der Waals surface area contributed by atoms with Crippen LogP contribution in [0.3, 0.4) is 0 Å². The summed E-state index contributed by atoms with van der Waals surface area (Å²) in [5.41, 5.74) is 3.23. The summed E-state index contributed by atoms with van der Waals surface area (Å²) in [7, 11) is 0. The lowest BCUT2D eigenvalue weighted by Crippen LogP contribution is -2.06. The highest BCUT2D eigenvalue weighted by Gasteiger charge is 2.13. The predicted molar refractivity (Wildman–Crippen MR) is 84.6 cm³/mol. The van der Waals surface area contributed by atoms with Crippen LogP contribution in [0.4, 0.5) is 5.95 Å². The molecule has 0 bridgehead atoms. The fourth-order valence-corrected chi connectivity index (χ4v) is 2.18. The molecule has 0 spiro atoms. The van der Waals surface area contributed by atoms with E-state index in [1.54, 1.807) is 0 Å². The van der Waals surface area contributed by atoms with Crippen molar-refractivity contribution >= 4 is 5.95 Å². The molecule has 1 aliphatic heterocycles. The summed E-state index contributed by atoms with van der Waals surface area (Å²) in [6.07, 6.45) is 1.83. The lowest BCUT2D eigenvalue weighted by molar-refractivity contribution is 0.133. The standard InChI is InChI=1S/C17H21N3O2/c1-12(2)9-22-15-5-3-13(4-6-15)7-18-17-19-8-14-10-21-11-16(14)20-17/h3-6,8,12H,7,9-11H2,1-2H3,(H,18,19,20). The Bertz CT molecular complexity index is 626. The summed E-state index contributed by atoms with van der Waals surface area (Å²) in [4.78, 5) is 8.77. The maximum absolute atomic E-state index is 5.68. The van der Waals surface area contributed by atoms with E-state index in [2.05, 4.69) is 41.3 Å². The molecule has 1 aliphatic rings. The zero-order chi connectivity index (χ0) is 15.4. The van der Waals surface area contributed by atoms with Gasteiger partial charge in [0.1, 0.15) is 5.75 Å². The Morgan fingerprint density at radius 1 is 1.23 bits per heavy atom. The van der Waals surface area contributed by atoms with E-state index < -0.39 is 0 Å². The Labute approximate surface area is 130 Å². The quantitative estimate of drug-likeness (QED) is 0.888. The van der Waals surface area contributed by atoms with Gasteiger partial charge in [0, 0.05) is 18.3 Å². The van der Waals surface area contributed by atoms with Gasteiger partial charge in [-0.2, -0.15) is 0 Å². The van der Waals surface area contributed by atoms with Crippen molar-refractivity contribution in [1.29, 1.82) is 0 Å². The third-order valence-electron chi connectivity index (χ3n) is 3.41. The molecular weight excluding hydrogens is 278 g/mol. The molecule has 0 saturated heterocycles. The fourth-order valence-electron chi connectivity index (χ4n) is 2.18. The molecular formula is C17H21N3O2. The van der Waals surface area contributed by atoms with Crippen LogP contribution in [0, 0.1) is 5.92 Å². The summed E-state index contributed by atoms with van der Waals surface area (Å²) >= 11 is 0. The monoisotopic (exact) mass is 299 g/mol. The molecule has 0 aliphatic carbocycles. The lowest BCUT2D eigenvalue weighted by atomic mass is 10.2.